The van der Waals surface area contributed by atoms with Gasteiger partial charge in [0.2, 0.25) is 0 Å². The zero-order valence-corrected chi connectivity index (χ0v) is 12.3. The zero-order valence-electron chi connectivity index (χ0n) is 9.95. The van der Waals surface area contributed by atoms with Crippen LogP contribution in [0.2, 0.25) is 0 Å². The molecule has 2 fully saturated rings. The second kappa shape index (κ2) is 6.05. The first-order chi connectivity index (χ1) is 7.26. The van der Waals surface area contributed by atoms with Gasteiger partial charge in [0.25, 0.3) is 0 Å². The van der Waals surface area contributed by atoms with Crippen LogP contribution in [0.5, 0.6) is 0 Å². The van der Waals surface area contributed by atoms with Crippen LogP contribution in [-0.2, 0) is 4.74 Å². The Bertz CT molecular complexity index is 248. The summed E-state index contributed by atoms with van der Waals surface area (Å²) in [6, 6.07) is 0. The van der Waals surface area contributed by atoms with Crippen LogP contribution < -0.4 is 5.73 Å². The Morgan fingerprint density at radius 1 is 1.38 bits per heavy atom. The highest BCUT2D eigenvalue weighted by Gasteiger charge is 2.40. The molecule has 0 aromatic carbocycles. The fourth-order valence-electron chi connectivity index (χ4n) is 1.94. The van der Waals surface area contributed by atoms with Gasteiger partial charge < -0.3 is 15.4 Å². The highest BCUT2D eigenvalue weighted by molar-refractivity contribution is 14.0. The number of nitrogens with two attached hydrogens (primary N) is 1. The van der Waals surface area contributed by atoms with Gasteiger partial charge in [0.05, 0.1) is 13.2 Å². The summed E-state index contributed by atoms with van der Waals surface area (Å²) in [5.74, 6) is 0.707. The van der Waals surface area contributed by atoms with Crippen LogP contribution in [0, 0.1) is 5.41 Å². The lowest BCUT2D eigenvalue weighted by atomic mass is 10.1. The van der Waals surface area contributed by atoms with E-state index < -0.39 is 0 Å². The smallest absolute Gasteiger partial charge is 0.191 e. The summed E-state index contributed by atoms with van der Waals surface area (Å²) in [5.41, 5.74) is 6.46. The van der Waals surface area contributed by atoms with Crippen molar-refractivity contribution in [2.75, 3.05) is 32.8 Å². The fourth-order valence-corrected chi connectivity index (χ4v) is 1.94. The predicted molar refractivity (Wildman–Crippen MR) is 76.3 cm³/mol. The quantitative estimate of drug-likeness (QED) is 0.481. The number of aliphatic imine (C=N–C) groups is 1. The molecule has 1 aliphatic carbocycles. The van der Waals surface area contributed by atoms with Crippen LogP contribution in [0.15, 0.2) is 4.99 Å². The van der Waals surface area contributed by atoms with Crippen molar-refractivity contribution in [1.82, 2.24) is 4.90 Å². The number of rotatable bonds is 3. The van der Waals surface area contributed by atoms with E-state index in [2.05, 4.69) is 16.8 Å². The monoisotopic (exact) mass is 339 g/mol. The highest BCUT2D eigenvalue weighted by Crippen LogP contribution is 2.48. The molecule has 1 saturated carbocycles. The predicted octanol–water partition coefficient (Wildman–Crippen LogP) is 1.44. The molecule has 0 aromatic rings. The third kappa shape index (κ3) is 3.48. The molecule has 0 spiro atoms. The lowest BCUT2D eigenvalue weighted by molar-refractivity contribution is 0.0673. The van der Waals surface area contributed by atoms with Gasteiger partial charge in [-0.05, 0) is 24.7 Å². The van der Waals surface area contributed by atoms with Crippen LogP contribution in [0.3, 0.4) is 0 Å². The second-order valence-corrected chi connectivity index (χ2v) is 4.63. The Balaban J connectivity index is 0.00000128. The van der Waals surface area contributed by atoms with E-state index in [9.17, 15) is 0 Å². The normalized spacial score (nSPS) is 23.8. The third-order valence-electron chi connectivity index (χ3n) is 3.62. The number of hydrogen-bond donors (Lipinski definition) is 1. The molecule has 1 saturated heterocycles. The van der Waals surface area contributed by atoms with Crippen molar-refractivity contribution in [2.24, 2.45) is 16.1 Å². The van der Waals surface area contributed by atoms with E-state index in [-0.39, 0.29) is 24.0 Å². The molecule has 1 aliphatic heterocycles. The van der Waals surface area contributed by atoms with Crippen LogP contribution in [-0.4, -0.2) is 43.7 Å². The molecule has 2 rings (SSSR count). The molecule has 0 bridgehead atoms. The molecule has 2 N–H and O–H groups in total. The first-order valence-electron chi connectivity index (χ1n) is 5.88. The number of nitrogens with zero attached hydrogens (tertiary/aromatic N) is 2. The Morgan fingerprint density at radius 2 is 2.00 bits per heavy atom. The van der Waals surface area contributed by atoms with Crippen molar-refractivity contribution in [3.8, 4) is 0 Å². The van der Waals surface area contributed by atoms with Crippen LogP contribution >= 0.6 is 24.0 Å². The molecule has 0 amide bonds. The SMILES string of the molecule is CCC1(CN=C(N)N2CCOCC2)CC1.I. The van der Waals surface area contributed by atoms with E-state index in [1.807, 2.05) is 0 Å². The van der Waals surface area contributed by atoms with Crippen LogP contribution in [0.1, 0.15) is 26.2 Å². The summed E-state index contributed by atoms with van der Waals surface area (Å²) in [5, 5.41) is 0. The second-order valence-electron chi connectivity index (χ2n) is 4.63. The Labute approximate surface area is 115 Å². The number of guanidine groups is 1. The van der Waals surface area contributed by atoms with Gasteiger partial charge >= 0.3 is 0 Å². The summed E-state index contributed by atoms with van der Waals surface area (Å²) in [6.07, 6.45) is 3.87. The minimum absolute atomic E-state index is 0. The Kier molecular flexibility index (Phi) is 5.30. The van der Waals surface area contributed by atoms with Crippen molar-refractivity contribution >= 4 is 29.9 Å². The fraction of sp³-hybridized carbons (Fsp3) is 0.909. The third-order valence-corrected chi connectivity index (χ3v) is 3.62. The van der Waals surface area contributed by atoms with Gasteiger partial charge in [0.1, 0.15) is 0 Å². The minimum atomic E-state index is 0. The van der Waals surface area contributed by atoms with E-state index in [0.717, 1.165) is 32.8 Å². The maximum absolute atomic E-state index is 5.96. The number of hydrogen-bond acceptors (Lipinski definition) is 2. The average Bonchev–Trinajstić information content (AvgIpc) is 3.08. The van der Waals surface area contributed by atoms with E-state index in [4.69, 9.17) is 10.5 Å². The van der Waals surface area contributed by atoms with Crippen molar-refractivity contribution in [3.63, 3.8) is 0 Å². The molecule has 16 heavy (non-hydrogen) atoms. The molecule has 94 valence electrons. The molecular weight excluding hydrogens is 317 g/mol. The zero-order chi connectivity index (χ0) is 10.7. The van der Waals surface area contributed by atoms with E-state index in [1.54, 1.807) is 0 Å². The maximum Gasteiger partial charge on any atom is 0.191 e. The lowest BCUT2D eigenvalue weighted by Crippen LogP contribution is -2.45. The number of morpholine rings is 1. The maximum atomic E-state index is 5.96. The van der Waals surface area contributed by atoms with Crippen molar-refractivity contribution in [2.45, 2.75) is 26.2 Å². The van der Waals surface area contributed by atoms with Gasteiger partial charge in [-0.15, -0.1) is 24.0 Å². The molecule has 2 aliphatic rings. The molecule has 1 heterocycles. The van der Waals surface area contributed by atoms with Gasteiger partial charge in [0, 0.05) is 19.6 Å². The average molecular weight is 339 g/mol. The summed E-state index contributed by atoms with van der Waals surface area (Å²) in [6.45, 7) is 6.47. The van der Waals surface area contributed by atoms with Crippen LogP contribution in [0.4, 0.5) is 0 Å². The lowest BCUT2D eigenvalue weighted by Gasteiger charge is -2.27. The van der Waals surface area contributed by atoms with Crippen molar-refractivity contribution < 1.29 is 4.74 Å². The van der Waals surface area contributed by atoms with Gasteiger partial charge in [-0.3, -0.25) is 4.99 Å². The Hall–Kier alpha value is -0.0400. The molecule has 0 atom stereocenters. The number of ether oxygens (including phenoxy) is 1. The molecule has 5 heteroatoms. The van der Waals surface area contributed by atoms with Gasteiger partial charge in [-0.1, -0.05) is 6.92 Å². The standard InChI is InChI=1S/C11H21N3O.HI/c1-2-11(3-4-11)9-13-10(12)14-5-7-15-8-6-14;/h2-9H2,1H3,(H2,12,13);1H. The Morgan fingerprint density at radius 3 is 2.50 bits per heavy atom. The summed E-state index contributed by atoms with van der Waals surface area (Å²) >= 11 is 0. The topological polar surface area (TPSA) is 50.8 Å². The highest BCUT2D eigenvalue weighted by atomic mass is 127. The minimum Gasteiger partial charge on any atom is -0.378 e. The summed E-state index contributed by atoms with van der Waals surface area (Å²) < 4.78 is 5.28. The first kappa shape index (κ1) is 14.0. The van der Waals surface area contributed by atoms with Gasteiger partial charge in [0.15, 0.2) is 5.96 Å². The van der Waals surface area contributed by atoms with Crippen molar-refractivity contribution in [3.05, 3.63) is 0 Å². The first-order valence-corrected chi connectivity index (χ1v) is 5.88. The molecular formula is C11H22IN3O. The number of halogens is 1. The van der Waals surface area contributed by atoms with E-state index in [0.29, 0.717) is 11.4 Å². The van der Waals surface area contributed by atoms with E-state index >= 15 is 0 Å². The molecule has 0 aromatic heterocycles. The summed E-state index contributed by atoms with van der Waals surface area (Å²) in [7, 11) is 0. The van der Waals surface area contributed by atoms with Crippen LogP contribution in [0.25, 0.3) is 0 Å². The van der Waals surface area contributed by atoms with Gasteiger partial charge in [-0.2, -0.15) is 0 Å². The molecule has 0 unspecified atom stereocenters. The van der Waals surface area contributed by atoms with Crippen molar-refractivity contribution in [1.29, 1.82) is 0 Å². The molecule has 4 nitrogen and oxygen atoms in total. The van der Waals surface area contributed by atoms with E-state index in [1.165, 1.54) is 19.3 Å². The molecule has 0 radical (unpaired) electrons. The summed E-state index contributed by atoms with van der Waals surface area (Å²) in [4.78, 5) is 6.64. The largest absolute Gasteiger partial charge is 0.378 e. The van der Waals surface area contributed by atoms with Gasteiger partial charge in [-0.25, -0.2) is 0 Å².